The van der Waals surface area contributed by atoms with E-state index in [4.69, 9.17) is 5.11 Å². The zero-order valence-corrected chi connectivity index (χ0v) is 12.4. The number of hydrogen-bond acceptors (Lipinski definition) is 3. The molecule has 2 rings (SSSR count). The molecule has 0 bridgehead atoms. The molecule has 1 aromatic carbocycles. The number of nitrogens with one attached hydrogen (secondary N) is 1. The molecular formula is C16H16F4N2O. The van der Waals surface area contributed by atoms with Crippen molar-refractivity contribution >= 4 is 0 Å². The van der Waals surface area contributed by atoms with Crippen LogP contribution in [0.15, 0.2) is 36.4 Å². The van der Waals surface area contributed by atoms with Crippen LogP contribution in [0.2, 0.25) is 0 Å². The van der Waals surface area contributed by atoms with E-state index in [9.17, 15) is 17.6 Å². The van der Waals surface area contributed by atoms with Gasteiger partial charge in [-0.3, -0.25) is 0 Å². The third-order valence-corrected chi connectivity index (χ3v) is 3.32. The minimum Gasteiger partial charge on any atom is -0.395 e. The Morgan fingerprint density at radius 3 is 2.35 bits per heavy atom. The first-order chi connectivity index (χ1) is 10.8. The number of hydrogen-bond donors (Lipinski definition) is 2. The lowest BCUT2D eigenvalue weighted by atomic mass is 10.1. The van der Waals surface area contributed by atoms with Gasteiger partial charge in [-0.1, -0.05) is 12.1 Å². The second kappa shape index (κ2) is 7.06. The molecule has 1 aromatic heterocycles. The lowest BCUT2D eigenvalue weighted by Gasteiger charge is -2.12. The standard InChI is InChI=1S/C16H16F4N2O/c1-10(9-23)21-8-15-13(17)6-7-14(22-15)11-2-4-12(5-3-11)16(18,19)20/h2-7,10,21,23H,8-9H2,1H3/t10-/m1/s1. The summed E-state index contributed by atoms with van der Waals surface area (Å²) in [5.41, 5.74) is 0.243. The summed E-state index contributed by atoms with van der Waals surface area (Å²) in [6.07, 6.45) is -4.40. The number of aliphatic hydroxyl groups is 1. The molecule has 0 aliphatic carbocycles. The van der Waals surface area contributed by atoms with Crippen LogP contribution in [0.3, 0.4) is 0 Å². The van der Waals surface area contributed by atoms with Crippen molar-refractivity contribution in [1.82, 2.24) is 10.3 Å². The highest BCUT2D eigenvalue weighted by Crippen LogP contribution is 2.30. The third kappa shape index (κ3) is 4.49. The van der Waals surface area contributed by atoms with Gasteiger partial charge in [-0.2, -0.15) is 13.2 Å². The molecule has 3 nitrogen and oxygen atoms in total. The monoisotopic (exact) mass is 328 g/mol. The molecule has 0 fully saturated rings. The highest BCUT2D eigenvalue weighted by atomic mass is 19.4. The van der Waals surface area contributed by atoms with Crippen molar-refractivity contribution in [3.63, 3.8) is 0 Å². The van der Waals surface area contributed by atoms with Crippen LogP contribution in [0, 0.1) is 5.82 Å². The van der Waals surface area contributed by atoms with Crippen LogP contribution in [0.1, 0.15) is 18.2 Å². The van der Waals surface area contributed by atoms with E-state index >= 15 is 0 Å². The van der Waals surface area contributed by atoms with Gasteiger partial charge in [0.05, 0.1) is 23.6 Å². The number of halogens is 4. The first kappa shape index (κ1) is 17.4. The summed E-state index contributed by atoms with van der Waals surface area (Å²) in [5, 5.41) is 11.8. The topological polar surface area (TPSA) is 45.1 Å². The summed E-state index contributed by atoms with van der Waals surface area (Å²) in [4.78, 5) is 4.14. The molecule has 1 heterocycles. The number of alkyl halides is 3. The lowest BCUT2D eigenvalue weighted by Crippen LogP contribution is -2.29. The Labute approximate surface area is 131 Å². The summed E-state index contributed by atoms with van der Waals surface area (Å²) < 4.78 is 51.4. The van der Waals surface area contributed by atoms with E-state index in [0.29, 0.717) is 11.3 Å². The average Bonchev–Trinajstić information content (AvgIpc) is 2.53. The molecule has 0 aliphatic heterocycles. The van der Waals surface area contributed by atoms with Crippen LogP contribution in [0.5, 0.6) is 0 Å². The summed E-state index contributed by atoms with van der Waals surface area (Å²) >= 11 is 0. The second-order valence-corrected chi connectivity index (χ2v) is 5.16. The quantitative estimate of drug-likeness (QED) is 0.827. The summed E-state index contributed by atoms with van der Waals surface area (Å²) in [7, 11) is 0. The molecule has 0 spiro atoms. The highest BCUT2D eigenvalue weighted by Gasteiger charge is 2.30. The molecule has 124 valence electrons. The minimum absolute atomic E-state index is 0.0970. The zero-order chi connectivity index (χ0) is 17.0. The SMILES string of the molecule is C[C@H](CO)NCc1nc(-c2ccc(C(F)(F)F)cc2)ccc1F. The normalized spacial score (nSPS) is 13.1. The first-order valence-electron chi connectivity index (χ1n) is 6.98. The Bertz CT molecular complexity index is 656. The molecular weight excluding hydrogens is 312 g/mol. The van der Waals surface area contributed by atoms with Crippen LogP contribution < -0.4 is 5.32 Å². The number of aliphatic hydroxyl groups excluding tert-OH is 1. The Kier molecular flexibility index (Phi) is 5.33. The van der Waals surface area contributed by atoms with E-state index in [0.717, 1.165) is 12.1 Å². The minimum atomic E-state index is -4.40. The Morgan fingerprint density at radius 1 is 1.13 bits per heavy atom. The fourth-order valence-corrected chi connectivity index (χ4v) is 1.93. The maximum atomic E-state index is 13.7. The van der Waals surface area contributed by atoms with E-state index in [1.54, 1.807) is 6.92 Å². The third-order valence-electron chi connectivity index (χ3n) is 3.32. The number of pyridine rings is 1. The van der Waals surface area contributed by atoms with Gasteiger partial charge < -0.3 is 10.4 Å². The van der Waals surface area contributed by atoms with Crippen molar-refractivity contribution in [2.45, 2.75) is 25.7 Å². The summed E-state index contributed by atoms with van der Waals surface area (Å²) in [6, 6.07) is 6.95. The van der Waals surface area contributed by atoms with Crippen molar-refractivity contribution in [1.29, 1.82) is 0 Å². The number of benzene rings is 1. The Balaban J connectivity index is 2.23. The number of rotatable bonds is 5. The van der Waals surface area contributed by atoms with Gasteiger partial charge in [0, 0.05) is 18.2 Å². The maximum absolute atomic E-state index is 13.7. The van der Waals surface area contributed by atoms with Gasteiger partial charge in [-0.05, 0) is 31.2 Å². The van der Waals surface area contributed by atoms with Gasteiger partial charge in [-0.25, -0.2) is 9.37 Å². The van der Waals surface area contributed by atoms with Crippen molar-refractivity contribution in [3.05, 3.63) is 53.5 Å². The predicted molar refractivity (Wildman–Crippen MR) is 78.0 cm³/mol. The van der Waals surface area contributed by atoms with Gasteiger partial charge in [-0.15, -0.1) is 0 Å². The molecule has 0 unspecified atom stereocenters. The van der Waals surface area contributed by atoms with Gasteiger partial charge in [0.15, 0.2) is 0 Å². The summed E-state index contributed by atoms with van der Waals surface area (Å²) in [6.45, 7) is 1.75. The van der Waals surface area contributed by atoms with Crippen LogP contribution in [0.4, 0.5) is 17.6 Å². The largest absolute Gasteiger partial charge is 0.416 e. The predicted octanol–water partition coefficient (Wildman–Crippen LogP) is 3.38. The van der Waals surface area contributed by atoms with E-state index in [-0.39, 0.29) is 24.9 Å². The fraction of sp³-hybridized carbons (Fsp3) is 0.312. The van der Waals surface area contributed by atoms with Gasteiger partial charge >= 0.3 is 6.18 Å². The molecule has 2 aromatic rings. The molecule has 0 saturated carbocycles. The fourth-order valence-electron chi connectivity index (χ4n) is 1.93. The molecule has 0 saturated heterocycles. The van der Waals surface area contributed by atoms with E-state index < -0.39 is 17.6 Å². The number of nitrogens with zero attached hydrogens (tertiary/aromatic N) is 1. The smallest absolute Gasteiger partial charge is 0.395 e. The van der Waals surface area contributed by atoms with Crippen molar-refractivity contribution in [2.75, 3.05) is 6.61 Å². The van der Waals surface area contributed by atoms with E-state index in [2.05, 4.69) is 10.3 Å². The lowest BCUT2D eigenvalue weighted by molar-refractivity contribution is -0.137. The maximum Gasteiger partial charge on any atom is 0.416 e. The molecule has 7 heteroatoms. The van der Waals surface area contributed by atoms with Crippen LogP contribution >= 0.6 is 0 Å². The van der Waals surface area contributed by atoms with Crippen molar-refractivity contribution in [3.8, 4) is 11.3 Å². The molecule has 0 amide bonds. The Morgan fingerprint density at radius 2 is 1.78 bits per heavy atom. The first-order valence-corrected chi connectivity index (χ1v) is 6.98. The highest BCUT2D eigenvalue weighted by molar-refractivity contribution is 5.59. The second-order valence-electron chi connectivity index (χ2n) is 5.16. The molecule has 2 N–H and O–H groups in total. The zero-order valence-electron chi connectivity index (χ0n) is 12.4. The molecule has 0 aliphatic rings. The van der Waals surface area contributed by atoms with Crippen LogP contribution in [-0.4, -0.2) is 22.7 Å². The van der Waals surface area contributed by atoms with Gasteiger partial charge in [0.25, 0.3) is 0 Å². The van der Waals surface area contributed by atoms with Gasteiger partial charge in [0.1, 0.15) is 5.82 Å². The molecule has 23 heavy (non-hydrogen) atoms. The summed E-state index contributed by atoms with van der Waals surface area (Å²) in [5.74, 6) is -0.515. The van der Waals surface area contributed by atoms with Crippen molar-refractivity contribution in [2.24, 2.45) is 0 Å². The van der Waals surface area contributed by atoms with Crippen molar-refractivity contribution < 1.29 is 22.7 Å². The van der Waals surface area contributed by atoms with E-state index in [1.807, 2.05) is 0 Å². The Hall–Kier alpha value is -1.99. The molecule has 0 radical (unpaired) electrons. The number of aromatic nitrogens is 1. The van der Waals surface area contributed by atoms with E-state index in [1.165, 1.54) is 24.3 Å². The molecule has 1 atom stereocenters. The van der Waals surface area contributed by atoms with Gasteiger partial charge in [0.2, 0.25) is 0 Å². The van der Waals surface area contributed by atoms with Crippen LogP contribution in [0.25, 0.3) is 11.3 Å². The average molecular weight is 328 g/mol. The van der Waals surface area contributed by atoms with Crippen LogP contribution in [-0.2, 0) is 12.7 Å².